The number of hydrogen-bond donors (Lipinski definition) is 0. The molecule has 6 heteroatoms. The van der Waals surface area contributed by atoms with Crippen molar-refractivity contribution in [2.75, 3.05) is 13.2 Å². The Morgan fingerprint density at radius 3 is 0.925 bits per heavy atom. The summed E-state index contributed by atoms with van der Waals surface area (Å²) in [7, 11) is 0. The lowest BCUT2D eigenvalue weighted by atomic mass is 10.0. The van der Waals surface area contributed by atoms with E-state index in [9.17, 15) is 14.4 Å². The third-order valence-electron chi connectivity index (χ3n) is 12.5. The van der Waals surface area contributed by atoms with E-state index < -0.39 is 6.10 Å². The van der Waals surface area contributed by atoms with Crippen LogP contribution in [0.25, 0.3) is 0 Å². The monoisotopic (exact) mass is 937 g/mol. The third kappa shape index (κ3) is 53.9. The van der Waals surface area contributed by atoms with Crippen molar-refractivity contribution in [3.8, 4) is 0 Å². The van der Waals surface area contributed by atoms with Crippen molar-refractivity contribution in [3.63, 3.8) is 0 Å². The molecule has 0 aromatic heterocycles. The Hall–Kier alpha value is -2.89. The van der Waals surface area contributed by atoms with E-state index in [4.69, 9.17) is 14.2 Å². The van der Waals surface area contributed by atoms with E-state index >= 15 is 0 Å². The van der Waals surface area contributed by atoms with Crippen molar-refractivity contribution in [2.45, 2.75) is 297 Å². The molecule has 0 spiro atoms. The Bertz CT molecular complexity index is 1210. The van der Waals surface area contributed by atoms with Crippen LogP contribution in [0.2, 0.25) is 0 Å². The number of rotatable bonds is 52. The second-order valence-electron chi connectivity index (χ2n) is 19.2. The zero-order chi connectivity index (χ0) is 48.6. The van der Waals surface area contributed by atoms with Crippen LogP contribution in [0.5, 0.6) is 0 Å². The second kappa shape index (κ2) is 55.7. The highest BCUT2D eigenvalue weighted by Gasteiger charge is 2.19. The molecule has 6 nitrogen and oxygen atoms in total. The highest BCUT2D eigenvalue weighted by atomic mass is 16.6. The van der Waals surface area contributed by atoms with Gasteiger partial charge in [0.15, 0.2) is 6.10 Å². The lowest BCUT2D eigenvalue weighted by Gasteiger charge is -2.18. The Labute approximate surface area is 415 Å². The van der Waals surface area contributed by atoms with Crippen LogP contribution in [0.4, 0.5) is 0 Å². The van der Waals surface area contributed by atoms with Gasteiger partial charge in [-0.2, -0.15) is 0 Å². The van der Waals surface area contributed by atoms with Gasteiger partial charge >= 0.3 is 17.9 Å². The van der Waals surface area contributed by atoms with E-state index in [1.807, 2.05) is 0 Å². The zero-order valence-electron chi connectivity index (χ0n) is 44.4. The topological polar surface area (TPSA) is 78.9 Å². The van der Waals surface area contributed by atoms with Crippen LogP contribution in [0.15, 0.2) is 60.8 Å². The standard InChI is InChI=1S/C61H108O6/c1-4-7-10-13-16-19-22-25-28-30-32-33-36-39-42-45-48-51-54-60(63)66-57-58(56-65-59(62)53-50-47-44-41-38-35-27-24-21-18-15-12-9-6-3)67-61(64)55-52-49-46-43-40-37-34-31-29-26-23-20-17-14-11-8-5-2/h8,11,17,20,24,26-27,29,34,37,58H,4-7,9-10,12-16,18-19,21-23,25,28,30-33,35-36,38-57H2,1-3H3/b11-8-,20-17-,27-24-,29-26-,37-34-. The fourth-order valence-electron chi connectivity index (χ4n) is 8.19. The molecular weight excluding hydrogens is 829 g/mol. The quantitative estimate of drug-likeness (QED) is 0.0262. The lowest BCUT2D eigenvalue weighted by Crippen LogP contribution is -2.30. The summed E-state index contributed by atoms with van der Waals surface area (Å²) in [5, 5.41) is 0. The highest BCUT2D eigenvalue weighted by molar-refractivity contribution is 5.71. The maximum absolute atomic E-state index is 12.8. The van der Waals surface area contributed by atoms with Gasteiger partial charge in [-0.1, -0.05) is 248 Å². The molecule has 0 heterocycles. The molecule has 1 unspecified atom stereocenters. The van der Waals surface area contributed by atoms with Gasteiger partial charge in [0.2, 0.25) is 0 Å². The second-order valence-corrected chi connectivity index (χ2v) is 19.2. The van der Waals surface area contributed by atoms with Gasteiger partial charge in [0.05, 0.1) is 0 Å². The van der Waals surface area contributed by atoms with E-state index in [2.05, 4.69) is 81.5 Å². The molecule has 0 aliphatic heterocycles. The van der Waals surface area contributed by atoms with Gasteiger partial charge in [-0.05, 0) is 83.5 Å². The highest BCUT2D eigenvalue weighted by Crippen LogP contribution is 2.16. The largest absolute Gasteiger partial charge is 0.462 e. The average molecular weight is 938 g/mol. The zero-order valence-corrected chi connectivity index (χ0v) is 44.4. The number of carbonyl (C=O) groups is 3. The maximum atomic E-state index is 12.8. The molecule has 0 amide bonds. The summed E-state index contributed by atoms with van der Waals surface area (Å²) in [4.78, 5) is 38.1. The van der Waals surface area contributed by atoms with E-state index in [1.165, 1.54) is 148 Å². The summed E-state index contributed by atoms with van der Waals surface area (Å²) < 4.78 is 16.9. The molecule has 388 valence electrons. The molecule has 0 aromatic carbocycles. The van der Waals surface area contributed by atoms with Crippen LogP contribution in [-0.4, -0.2) is 37.2 Å². The number of allylic oxidation sites excluding steroid dienone is 10. The van der Waals surface area contributed by atoms with Crippen LogP contribution in [-0.2, 0) is 28.6 Å². The minimum atomic E-state index is -0.789. The molecule has 0 aromatic rings. The first-order valence-corrected chi connectivity index (χ1v) is 28.8. The summed E-state index contributed by atoms with van der Waals surface area (Å²) in [5.41, 5.74) is 0. The van der Waals surface area contributed by atoms with Crippen molar-refractivity contribution in [1.29, 1.82) is 0 Å². The molecule has 67 heavy (non-hydrogen) atoms. The molecule has 0 bridgehead atoms. The molecule has 1 atom stereocenters. The first-order valence-electron chi connectivity index (χ1n) is 28.8. The maximum Gasteiger partial charge on any atom is 0.306 e. The minimum absolute atomic E-state index is 0.0843. The van der Waals surface area contributed by atoms with Crippen molar-refractivity contribution in [1.82, 2.24) is 0 Å². The van der Waals surface area contributed by atoms with Crippen molar-refractivity contribution in [2.24, 2.45) is 0 Å². The van der Waals surface area contributed by atoms with Crippen LogP contribution >= 0.6 is 0 Å². The van der Waals surface area contributed by atoms with E-state index in [-0.39, 0.29) is 31.1 Å². The molecule has 0 aliphatic carbocycles. The van der Waals surface area contributed by atoms with Crippen LogP contribution in [0.3, 0.4) is 0 Å². The summed E-state index contributed by atoms with van der Waals surface area (Å²) in [5.74, 6) is -0.905. The number of esters is 3. The van der Waals surface area contributed by atoms with Gasteiger partial charge < -0.3 is 14.2 Å². The molecule has 0 fully saturated rings. The van der Waals surface area contributed by atoms with E-state index in [0.717, 1.165) is 103 Å². The third-order valence-corrected chi connectivity index (χ3v) is 12.5. The van der Waals surface area contributed by atoms with Gasteiger partial charge in [-0.3, -0.25) is 14.4 Å². The molecular formula is C61H108O6. The molecule has 0 N–H and O–H groups in total. The molecule has 0 saturated heterocycles. The van der Waals surface area contributed by atoms with Crippen LogP contribution in [0, 0.1) is 0 Å². The van der Waals surface area contributed by atoms with Crippen LogP contribution < -0.4 is 0 Å². The first-order chi connectivity index (χ1) is 33.0. The van der Waals surface area contributed by atoms with Crippen molar-refractivity contribution < 1.29 is 28.6 Å². The van der Waals surface area contributed by atoms with Crippen molar-refractivity contribution in [3.05, 3.63) is 60.8 Å². The number of hydrogen-bond acceptors (Lipinski definition) is 6. The molecule has 0 radical (unpaired) electrons. The summed E-state index contributed by atoms with van der Waals surface area (Å²) in [6, 6.07) is 0. The van der Waals surface area contributed by atoms with Crippen LogP contribution in [0.1, 0.15) is 290 Å². The SMILES string of the molecule is CC/C=C\C/C=C\C/C=C\C/C=C\CCCCCCC(=O)OC(COC(=O)CCCCCCC/C=C\CCCCCCC)COC(=O)CCCCCCCCCCCCCCCCCCCC. The average Bonchev–Trinajstić information content (AvgIpc) is 3.33. The van der Waals surface area contributed by atoms with Gasteiger partial charge in [0.25, 0.3) is 0 Å². The van der Waals surface area contributed by atoms with Crippen molar-refractivity contribution >= 4 is 17.9 Å². The van der Waals surface area contributed by atoms with E-state index in [1.54, 1.807) is 0 Å². The molecule has 0 rings (SSSR count). The van der Waals surface area contributed by atoms with Gasteiger partial charge in [0, 0.05) is 19.3 Å². The lowest BCUT2D eigenvalue weighted by molar-refractivity contribution is -0.167. The fourth-order valence-corrected chi connectivity index (χ4v) is 8.19. The van der Waals surface area contributed by atoms with Gasteiger partial charge in [-0.25, -0.2) is 0 Å². The molecule has 0 saturated carbocycles. The predicted octanol–water partition coefficient (Wildman–Crippen LogP) is 19.2. The summed E-state index contributed by atoms with van der Waals surface area (Å²) in [6.45, 7) is 6.52. The number of carbonyl (C=O) groups excluding carboxylic acids is 3. The summed E-state index contributed by atoms with van der Waals surface area (Å²) in [6.07, 6.45) is 69.2. The Morgan fingerprint density at radius 1 is 0.313 bits per heavy atom. The Balaban J connectivity index is 4.40. The Kier molecular flexibility index (Phi) is 53.3. The minimum Gasteiger partial charge on any atom is -0.462 e. The first kappa shape index (κ1) is 64.1. The Morgan fingerprint density at radius 2 is 0.582 bits per heavy atom. The normalized spacial score (nSPS) is 12.5. The number of ether oxygens (including phenoxy) is 3. The van der Waals surface area contributed by atoms with E-state index in [0.29, 0.717) is 19.3 Å². The fraction of sp³-hybridized carbons (Fsp3) is 0.787. The molecule has 0 aliphatic rings. The predicted molar refractivity (Wildman–Crippen MR) is 288 cm³/mol. The van der Waals surface area contributed by atoms with Gasteiger partial charge in [-0.15, -0.1) is 0 Å². The van der Waals surface area contributed by atoms with Gasteiger partial charge in [0.1, 0.15) is 13.2 Å². The smallest absolute Gasteiger partial charge is 0.306 e. The summed E-state index contributed by atoms with van der Waals surface area (Å²) >= 11 is 0. The number of unbranched alkanes of at least 4 members (excludes halogenated alkanes) is 31.